The fraction of sp³-hybridized carbons (Fsp3) is 0.278. The monoisotopic (exact) mass is 338 g/mol. The number of thiophene rings is 1. The molecule has 0 bridgehead atoms. The van der Waals surface area contributed by atoms with E-state index in [2.05, 4.69) is 32.4 Å². The Kier molecular flexibility index (Phi) is 3.90. The maximum absolute atomic E-state index is 11.4. The molecule has 6 heteroatoms. The summed E-state index contributed by atoms with van der Waals surface area (Å²) >= 11 is 1.64. The number of carbonyl (C=O) groups excluding carboxylic acids is 1. The lowest BCUT2D eigenvalue weighted by molar-refractivity contribution is -0.122. The van der Waals surface area contributed by atoms with Crippen LogP contribution in [0.2, 0.25) is 0 Å². The molecule has 1 saturated heterocycles. The summed E-state index contributed by atoms with van der Waals surface area (Å²) in [4.78, 5) is 23.6. The number of anilines is 1. The highest BCUT2D eigenvalue weighted by Crippen LogP contribution is 2.38. The van der Waals surface area contributed by atoms with Gasteiger partial charge in [-0.05, 0) is 18.4 Å². The van der Waals surface area contributed by atoms with E-state index in [1.165, 1.54) is 11.1 Å². The first-order valence-corrected chi connectivity index (χ1v) is 8.94. The molecule has 1 aliphatic rings. The normalized spacial score (nSPS) is 15.8. The second kappa shape index (κ2) is 6.20. The van der Waals surface area contributed by atoms with Gasteiger partial charge < -0.3 is 10.6 Å². The number of hydrogen-bond donors (Lipinski definition) is 1. The van der Waals surface area contributed by atoms with E-state index in [1.807, 2.05) is 18.2 Å². The Balaban J connectivity index is 1.74. The summed E-state index contributed by atoms with van der Waals surface area (Å²) in [5.41, 5.74) is 7.79. The van der Waals surface area contributed by atoms with Crippen LogP contribution in [-0.4, -0.2) is 29.0 Å². The van der Waals surface area contributed by atoms with Crippen LogP contribution < -0.4 is 10.6 Å². The zero-order valence-electron chi connectivity index (χ0n) is 13.2. The number of aromatic nitrogens is 2. The predicted octanol–water partition coefficient (Wildman–Crippen LogP) is 3.06. The first-order valence-electron chi connectivity index (χ1n) is 8.06. The SMILES string of the molecule is NC(=O)C1CCN(c2ncnc3scc(-c4ccccc4)c23)CC1. The zero-order chi connectivity index (χ0) is 16.5. The molecule has 5 nitrogen and oxygen atoms in total. The smallest absolute Gasteiger partial charge is 0.220 e. The Hall–Kier alpha value is -2.47. The van der Waals surface area contributed by atoms with E-state index in [0.717, 1.165) is 42.0 Å². The van der Waals surface area contributed by atoms with Gasteiger partial charge in [0.05, 0.1) is 5.39 Å². The van der Waals surface area contributed by atoms with Crippen molar-refractivity contribution in [2.75, 3.05) is 18.0 Å². The lowest BCUT2D eigenvalue weighted by Gasteiger charge is -2.31. The van der Waals surface area contributed by atoms with Gasteiger partial charge >= 0.3 is 0 Å². The summed E-state index contributed by atoms with van der Waals surface area (Å²) in [6.07, 6.45) is 3.19. The molecule has 0 unspecified atom stereocenters. The number of hydrogen-bond acceptors (Lipinski definition) is 5. The summed E-state index contributed by atoms with van der Waals surface area (Å²) in [5.74, 6) is 0.751. The number of rotatable bonds is 3. The number of amides is 1. The Morgan fingerprint density at radius 3 is 2.62 bits per heavy atom. The molecule has 0 spiro atoms. The minimum Gasteiger partial charge on any atom is -0.369 e. The molecule has 122 valence electrons. The van der Waals surface area contributed by atoms with Crippen LogP contribution in [0.3, 0.4) is 0 Å². The summed E-state index contributed by atoms with van der Waals surface area (Å²) in [6, 6.07) is 10.3. The van der Waals surface area contributed by atoms with Gasteiger partial charge in [0.2, 0.25) is 5.91 Å². The molecule has 3 heterocycles. The molecule has 0 saturated carbocycles. The highest BCUT2D eigenvalue weighted by Gasteiger charge is 2.26. The van der Waals surface area contributed by atoms with Crippen LogP contribution in [0.5, 0.6) is 0 Å². The third kappa shape index (κ3) is 2.63. The molecular weight excluding hydrogens is 320 g/mol. The zero-order valence-corrected chi connectivity index (χ0v) is 14.0. The highest BCUT2D eigenvalue weighted by molar-refractivity contribution is 7.17. The van der Waals surface area contributed by atoms with Crippen molar-refractivity contribution < 1.29 is 4.79 Å². The Bertz CT molecular complexity index is 869. The van der Waals surface area contributed by atoms with Gasteiger partial charge in [0.15, 0.2) is 0 Å². The van der Waals surface area contributed by atoms with Gasteiger partial charge in [-0.3, -0.25) is 4.79 Å². The van der Waals surface area contributed by atoms with E-state index < -0.39 is 0 Å². The molecule has 3 aromatic rings. The van der Waals surface area contributed by atoms with E-state index in [1.54, 1.807) is 17.7 Å². The molecule has 24 heavy (non-hydrogen) atoms. The maximum Gasteiger partial charge on any atom is 0.220 e. The van der Waals surface area contributed by atoms with Crippen LogP contribution in [-0.2, 0) is 4.79 Å². The van der Waals surface area contributed by atoms with Crippen LogP contribution >= 0.6 is 11.3 Å². The fourth-order valence-corrected chi connectivity index (χ4v) is 4.22. The average molecular weight is 338 g/mol. The number of fused-ring (bicyclic) bond motifs is 1. The molecule has 0 radical (unpaired) electrons. The molecule has 2 aromatic heterocycles. The van der Waals surface area contributed by atoms with Crippen LogP contribution in [0.15, 0.2) is 42.0 Å². The molecule has 1 aromatic carbocycles. The van der Waals surface area contributed by atoms with Gasteiger partial charge in [-0.15, -0.1) is 11.3 Å². The topological polar surface area (TPSA) is 72.1 Å². The molecule has 1 fully saturated rings. The molecular formula is C18H18N4OS. The number of nitrogens with two attached hydrogens (primary N) is 1. The van der Waals surface area contributed by atoms with Gasteiger partial charge in [0.1, 0.15) is 17.0 Å². The third-order valence-electron chi connectivity index (χ3n) is 4.63. The van der Waals surface area contributed by atoms with Crippen molar-refractivity contribution in [3.05, 3.63) is 42.0 Å². The molecule has 1 aliphatic heterocycles. The first-order chi connectivity index (χ1) is 11.7. The fourth-order valence-electron chi connectivity index (χ4n) is 3.31. The highest BCUT2D eigenvalue weighted by atomic mass is 32.1. The van der Waals surface area contributed by atoms with Crippen LogP contribution in [0, 0.1) is 5.92 Å². The lowest BCUT2D eigenvalue weighted by atomic mass is 9.96. The van der Waals surface area contributed by atoms with E-state index in [4.69, 9.17) is 5.73 Å². The summed E-state index contributed by atoms with van der Waals surface area (Å²) in [7, 11) is 0. The molecule has 0 aliphatic carbocycles. The number of primary amides is 1. The van der Waals surface area contributed by atoms with E-state index in [9.17, 15) is 4.79 Å². The molecule has 4 rings (SSSR count). The minimum atomic E-state index is -0.192. The van der Waals surface area contributed by atoms with Crippen molar-refractivity contribution in [2.45, 2.75) is 12.8 Å². The van der Waals surface area contributed by atoms with E-state index >= 15 is 0 Å². The van der Waals surface area contributed by atoms with Crippen LogP contribution in [0.25, 0.3) is 21.3 Å². The molecule has 2 N–H and O–H groups in total. The predicted molar refractivity (Wildman–Crippen MR) is 97.0 cm³/mol. The number of nitrogens with zero attached hydrogens (tertiary/aromatic N) is 3. The van der Waals surface area contributed by atoms with E-state index in [0.29, 0.717) is 0 Å². The van der Waals surface area contributed by atoms with E-state index in [-0.39, 0.29) is 11.8 Å². The third-order valence-corrected chi connectivity index (χ3v) is 5.52. The maximum atomic E-state index is 11.4. The largest absolute Gasteiger partial charge is 0.369 e. The lowest BCUT2D eigenvalue weighted by Crippen LogP contribution is -2.39. The number of benzene rings is 1. The Labute approximate surface area is 144 Å². The van der Waals surface area contributed by atoms with Gasteiger partial charge in [0.25, 0.3) is 0 Å². The van der Waals surface area contributed by atoms with Crippen molar-refractivity contribution >= 4 is 33.3 Å². The van der Waals surface area contributed by atoms with Crippen molar-refractivity contribution in [1.82, 2.24) is 9.97 Å². The van der Waals surface area contributed by atoms with Crippen molar-refractivity contribution in [1.29, 1.82) is 0 Å². The second-order valence-electron chi connectivity index (χ2n) is 6.06. The van der Waals surface area contributed by atoms with Crippen molar-refractivity contribution in [3.8, 4) is 11.1 Å². The second-order valence-corrected chi connectivity index (χ2v) is 6.91. The van der Waals surface area contributed by atoms with Gasteiger partial charge in [0, 0.05) is 30.0 Å². The standard InChI is InChI=1S/C18H18N4OS/c19-16(23)13-6-8-22(9-7-13)17-15-14(12-4-2-1-3-5-12)10-24-18(15)21-11-20-17/h1-5,10-11,13H,6-9H2,(H2,19,23). The molecule has 1 amide bonds. The van der Waals surface area contributed by atoms with Crippen LogP contribution in [0.4, 0.5) is 5.82 Å². The first kappa shape index (κ1) is 15.1. The quantitative estimate of drug-likeness (QED) is 0.797. The van der Waals surface area contributed by atoms with Crippen molar-refractivity contribution in [3.63, 3.8) is 0 Å². The summed E-state index contributed by atoms with van der Waals surface area (Å²) in [6.45, 7) is 1.59. The Morgan fingerprint density at radius 1 is 1.17 bits per heavy atom. The minimum absolute atomic E-state index is 0.0188. The Morgan fingerprint density at radius 2 is 1.92 bits per heavy atom. The average Bonchev–Trinajstić information content (AvgIpc) is 3.07. The van der Waals surface area contributed by atoms with Crippen LogP contribution in [0.1, 0.15) is 12.8 Å². The van der Waals surface area contributed by atoms with Crippen molar-refractivity contribution in [2.24, 2.45) is 11.7 Å². The van der Waals surface area contributed by atoms with Gasteiger partial charge in [-0.1, -0.05) is 30.3 Å². The number of piperidine rings is 1. The van der Waals surface area contributed by atoms with Gasteiger partial charge in [-0.2, -0.15) is 0 Å². The number of carbonyl (C=O) groups is 1. The van der Waals surface area contributed by atoms with Gasteiger partial charge in [-0.25, -0.2) is 9.97 Å². The summed E-state index contributed by atoms with van der Waals surface area (Å²) < 4.78 is 0. The summed E-state index contributed by atoms with van der Waals surface area (Å²) in [5, 5.41) is 3.25. The molecule has 0 atom stereocenters.